The van der Waals surface area contributed by atoms with Crippen LogP contribution < -0.4 is 15.8 Å². The van der Waals surface area contributed by atoms with Crippen molar-refractivity contribution in [1.82, 2.24) is 0 Å². The molecule has 1 aliphatic carbocycles. The van der Waals surface area contributed by atoms with Gasteiger partial charge in [0, 0.05) is 4.88 Å². The third-order valence-electron chi connectivity index (χ3n) is 4.61. The topological polar surface area (TPSA) is 81.4 Å². The van der Waals surface area contributed by atoms with Crippen LogP contribution in [-0.4, -0.2) is 18.4 Å². The molecule has 1 heterocycles. The summed E-state index contributed by atoms with van der Waals surface area (Å²) in [6.45, 7) is 4.74. The van der Waals surface area contributed by atoms with E-state index in [1.165, 1.54) is 16.2 Å². The van der Waals surface area contributed by atoms with E-state index in [1.807, 2.05) is 31.2 Å². The molecule has 1 atom stereocenters. The Labute approximate surface area is 157 Å². The lowest BCUT2D eigenvalue weighted by molar-refractivity contribution is -0.115. The zero-order valence-corrected chi connectivity index (χ0v) is 15.9. The summed E-state index contributed by atoms with van der Waals surface area (Å²) in [5, 5.41) is 3.49. The molecule has 1 aliphatic rings. The highest BCUT2D eigenvalue weighted by Gasteiger charge is 2.27. The van der Waals surface area contributed by atoms with Gasteiger partial charge in [0.05, 0.1) is 18.6 Å². The van der Waals surface area contributed by atoms with Crippen LogP contribution in [0.15, 0.2) is 24.3 Å². The quantitative estimate of drug-likeness (QED) is 0.813. The number of benzene rings is 1. The minimum atomic E-state index is -0.464. The van der Waals surface area contributed by atoms with Gasteiger partial charge in [-0.1, -0.05) is 19.1 Å². The van der Waals surface area contributed by atoms with Crippen molar-refractivity contribution in [2.75, 3.05) is 11.9 Å². The second kappa shape index (κ2) is 7.91. The Morgan fingerprint density at radius 3 is 2.69 bits per heavy atom. The van der Waals surface area contributed by atoms with E-state index in [-0.39, 0.29) is 12.3 Å². The molecule has 0 spiro atoms. The van der Waals surface area contributed by atoms with Crippen molar-refractivity contribution >= 4 is 28.2 Å². The number of hydrogen-bond acceptors (Lipinski definition) is 4. The standard InChI is InChI=1S/C20H24N2O3S/c1-3-25-14-7-5-13(6-8-14)11-17(23)22-20-18(19(21)24)15-9-4-12(2)10-16(15)26-20/h5-8,12H,3-4,9-11H2,1-2H3,(H2,21,24)(H,22,23). The van der Waals surface area contributed by atoms with Gasteiger partial charge in [-0.05, 0) is 55.4 Å². The zero-order chi connectivity index (χ0) is 18.7. The van der Waals surface area contributed by atoms with Crippen LogP contribution >= 0.6 is 11.3 Å². The number of fused-ring (bicyclic) bond motifs is 1. The average molecular weight is 372 g/mol. The van der Waals surface area contributed by atoms with E-state index < -0.39 is 5.91 Å². The maximum Gasteiger partial charge on any atom is 0.251 e. The minimum absolute atomic E-state index is 0.150. The van der Waals surface area contributed by atoms with E-state index in [0.717, 1.165) is 36.1 Å². The Bertz CT molecular complexity index is 811. The second-order valence-corrected chi connectivity index (χ2v) is 7.83. The van der Waals surface area contributed by atoms with Gasteiger partial charge in [0.25, 0.3) is 5.91 Å². The first-order valence-electron chi connectivity index (χ1n) is 8.93. The fourth-order valence-corrected chi connectivity index (χ4v) is 4.76. The summed E-state index contributed by atoms with van der Waals surface area (Å²) in [6, 6.07) is 7.46. The first-order valence-corrected chi connectivity index (χ1v) is 9.75. The molecule has 5 nitrogen and oxygen atoms in total. The van der Waals surface area contributed by atoms with E-state index in [1.54, 1.807) is 0 Å². The van der Waals surface area contributed by atoms with Crippen molar-refractivity contribution in [1.29, 1.82) is 0 Å². The first kappa shape index (κ1) is 18.5. The SMILES string of the molecule is CCOc1ccc(CC(=O)Nc2sc3c(c2C(N)=O)CCC(C)C3)cc1. The fourth-order valence-electron chi connectivity index (χ4n) is 3.33. The summed E-state index contributed by atoms with van der Waals surface area (Å²) in [6.07, 6.45) is 3.07. The summed E-state index contributed by atoms with van der Waals surface area (Å²) >= 11 is 1.49. The predicted octanol–water partition coefficient (Wildman–Crippen LogP) is 3.55. The number of carbonyl (C=O) groups excluding carboxylic acids is 2. The number of thiophene rings is 1. The van der Waals surface area contributed by atoms with Crippen LogP contribution in [0.3, 0.4) is 0 Å². The molecule has 1 aromatic carbocycles. The smallest absolute Gasteiger partial charge is 0.251 e. The molecule has 0 radical (unpaired) electrons. The summed E-state index contributed by atoms with van der Waals surface area (Å²) in [5.74, 6) is 0.763. The number of ether oxygens (including phenoxy) is 1. The Morgan fingerprint density at radius 2 is 2.04 bits per heavy atom. The molecule has 0 aliphatic heterocycles. The van der Waals surface area contributed by atoms with Crippen LogP contribution in [-0.2, 0) is 24.1 Å². The van der Waals surface area contributed by atoms with E-state index in [4.69, 9.17) is 10.5 Å². The second-order valence-electron chi connectivity index (χ2n) is 6.72. The largest absolute Gasteiger partial charge is 0.494 e. The molecule has 1 aromatic heterocycles. The van der Waals surface area contributed by atoms with Gasteiger partial charge in [0.15, 0.2) is 0 Å². The highest BCUT2D eigenvalue weighted by Crippen LogP contribution is 2.39. The normalized spacial score (nSPS) is 16.0. The molecular formula is C20H24N2O3S. The van der Waals surface area contributed by atoms with Crippen molar-refractivity contribution in [3.63, 3.8) is 0 Å². The predicted molar refractivity (Wildman–Crippen MR) is 104 cm³/mol. The van der Waals surface area contributed by atoms with Gasteiger partial charge < -0.3 is 15.8 Å². The lowest BCUT2D eigenvalue weighted by Gasteiger charge is -2.18. The number of amides is 2. The van der Waals surface area contributed by atoms with Crippen molar-refractivity contribution < 1.29 is 14.3 Å². The highest BCUT2D eigenvalue weighted by atomic mass is 32.1. The fraction of sp³-hybridized carbons (Fsp3) is 0.400. The van der Waals surface area contributed by atoms with Gasteiger partial charge in [-0.25, -0.2) is 0 Å². The molecule has 3 N–H and O–H groups in total. The van der Waals surface area contributed by atoms with E-state index in [9.17, 15) is 9.59 Å². The molecule has 138 valence electrons. The van der Waals surface area contributed by atoms with Gasteiger partial charge in [-0.15, -0.1) is 11.3 Å². The molecule has 2 aromatic rings. The molecule has 0 fully saturated rings. The molecule has 1 unspecified atom stereocenters. The Balaban J connectivity index is 1.73. The lowest BCUT2D eigenvalue weighted by atomic mass is 9.88. The maximum atomic E-state index is 12.5. The van der Waals surface area contributed by atoms with Gasteiger partial charge in [0.2, 0.25) is 5.91 Å². The van der Waals surface area contributed by atoms with Crippen molar-refractivity contribution in [2.24, 2.45) is 11.7 Å². The Morgan fingerprint density at radius 1 is 1.31 bits per heavy atom. The van der Waals surface area contributed by atoms with Crippen LogP contribution in [0.2, 0.25) is 0 Å². The first-order chi connectivity index (χ1) is 12.5. The van der Waals surface area contributed by atoms with E-state index in [2.05, 4.69) is 12.2 Å². The average Bonchev–Trinajstić information content (AvgIpc) is 2.93. The number of nitrogens with one attached hydrogen (secondary N) is 1. The number of hydrogen-bond donors (Lipinski definition) is 2. The monoisotopic (exact) mass is 372 g/mol. The zero-order valence-electron chi connectivity index (χ0n) is 15.1. The molecule has 0 bridgehead atoms. The van der Waals surface area contributed by atoms with Gasteiger partial charge in [0.1, 0.15) is 10.8 Å². The van der Waals surface area contributed by atoms with Gasteiger partial charge in [-0.2, -0.15) is 0 Å². The number of nitrogens with two attached hydrogens (primary N) is 1. The van der Waals surface area contributed by atoms with Crippen LogP contribution in [0, 0.1) is 5.92 Å². The molecule has 26 heavy (non-hydrogen) atoms. The summed E-state index contributed by atoms with van der Waals surface area (Å²) < 4.78 is 5.41. The van der Waals surface area contributed by atoms with Crippen LogP contribution in [0.25, 0.3) is 0 Å². The third kappa shape index (κ3) is 4.07. The van der Waals surface area contributed by atoms with Crippen LogP contribution in [0.5, 0.6) is 5.75 Å². The highest BCUT2D eigenvalue weighted by molar-refractivity contribution is 7.17. The summed E-state index contributed by atoms with van der Waals surface area (Å²) in [4.78, 5) is 25.6. The molecule has 0 saturated carbocycles. The maximum absolute atomic E-state index is 12.5. The molecule has 2 amide bonds. The Kier molecular flexibility index (Phi) is 5.61. The Hall–Kier alpha value is -2.34. The molecule has 6 heteroatoms. The summed E-state index contributed by atoms with van der Waals surface area (Å²) in [7, 11) is 0. The number of carbonyl (C=O) groups is 2. The number of anilines is 1. The van der Waals surface area contributed by atoms with Crippen molar-refractivity contribution in [2.45, 2.75) is 39.5 Å². The third-order valence-corrected chi connectivity index (χ3v) is 5.78. The minimum Gasteiger partial charge on any atom is -0.494 e. The molecule has 3 rings (SSSR count). The molecular weight excluding hydrogens is 348 g/mol. The number of primary amides is 1. The van der Waals surface area contributed by atoms with Crippen molar-refractivity contribution in [3.8, 4) is 5.75 Å². The van der Waals surface area contributed by atoms with Gasteiger partial charge >= 0.3 is 0 Å². The summed E-state index contributed by atoms with van der Waals surface area (Å²) in [5.41, 5.74) is 8.01. The number of rotatable bonds is 6. The van der Waals surface area contributed by atoms with Gasteiger partial charge in [-0.3, -0.25) is 9.59 Å². The van der Waals surface area contributed by atoms with E-state index >= 15 is 0 Å². The molecule has 0 saturated heterocycles. The van der Waals surface area contributed by atoms with E-state index in [0.29, 0.717) is 23.1 Å². The lowest BCUT2D eigenvalue weighted by Crippen LogP contribution is -2.20. The van der Waals surface area contributed by atoms with Crippen molar-refractivity contribution in [3.05, 3.63) is 45.8 Å². The van der Waals surface area contributed by atoms with Crippen LogP contribution in [0.1, 0.15) is 46.6 Å². The van der Waals surface area contributed by atoms with Crippen LogP contribution in [0.4, 0.5) is 5.00 Å².